The molecule has 3 fully saturated rings. The molecule has 2 aliphatic heterocycles. The Morgan fingerprint density at radius 2 is 1.85 bits per heavy atom. The number of pyridine rings is 1. The van der Waals surface area contributed by atoms with E-state index < -0.39 is 92.5 Å². The van der Waals surface area contributed by atoms with Crippen LogP contribution in [0.4, 0.5) is 22.4 Å². The van der Waals surface area contributed by atoms with Crippen LogP contribution in [0.3, 0.4) is 0 Å². The van der Waals surface area contributed by atoms with Gasteiger partial charge in [0.25, 0.3) is 5.91 Å². The Morgan fingerprint density at radius 3 is 2.47 bits per heavy atom. The third-order valence-corrected chi connectivity index (χ3v) is 14.4. The topological polar surface area (TPSA) is 185 Å². The van der Waals surface area contributed by atoms with E-state index in [9.17, 15) is 50.3 Å². The Hall–Kier alpha value is -4.68. The fourth-order valence-corrected chi connectivity index (χ4v) is 9.80. The quantitative estimate of drug-likeness (QED) is 0.204. The van der Waals surface area contributed by atoms with Crippen LogP contribution in [0.25, 0.3) is 10.8 Å². The summed E-state index contributed by atoms with van der Waals surface area (Å²) < 4.78 is 96.5. The summed E-state index contributed by atoms with van der Waals surface area (Å²) in [6, 6.07) is 3.45. The molecule has 4 amide bonds. The maximum atomic E-state index is 15.0. The molecule has 59 heavy (non-hydrogen) atoms. The van der Waals surface area contributed by atoms with Crippen LogP contribution in [-0.2, 0) is 24.4 Å². The molecule has 0 bridgehead atoms. The molecule has 1 saturated heterocycles. The van der Waals surface area contributed by atoms with Gasteiger partial charge in [0.05, 0.1) is 13.2 Å². The monoisotopic (exact) mass is 853 g/mol. The van der Waals surface area contributed by atoms with Gasteiger partial charge >= 0.3 is 12.3 Å². The minimum Gasteiger partial charge on any atom is -0.494 e. The molecular weight excluding hydrogens is 803 g/mol. The van der Waals surface area contributed by atoms with Gasteiger partial charge in [-0.25, -0.2) is 22.6 Å². The molecule has 0 unspecified atom stereocenters. The number of rotatable bonds is 10. The van der Waals surface area contributed by atoms with Crippen molar-refractivity contribution >= 4 is 44.6 Å². The highest BCUT2D eigenvalue weighted by Crippen LogP contribution is 2.48. The summed E-state index contributed by atoms with van der Waals surface area (Å²) in [5, 5.41) is 14.3. The molecule has 1 aromatic heterocycles. The number of hydrogen-bond acceptors (Lipinski definition) is 9. The first kappa shape index (κ1) is 43.9. The van der Waals surface area contributed by atoms with Crippen LogP contribution in [0.2, 0.25) is 0 Å². The number of aromatic nitrogens is 1. The van der Waals surface area contributed by atoms with E-state index >= 15 is 0 Å². The van der Waals surface area contributed by atoms with Crippen molar-refractivity contribution in [1.82, 2.24) is 24.8 Å². The van der Waals surface area contributed by atoms with Crippen LogP contribution < -0.4 is 19.5 Å². The van der Waals surface area contributed by atoms with E-state index in [1.54, 1.807) is 36.4 Å². The van der Waals surface area contributed by atoms with Crippen LogP contribution in [0, 0.1) is 17.8 Å². The van der Waals surface area contributed by atoms with Crippen LogP contribution >= 0.6 is 0 Å². The molecule has 19 heteroatoms. The Balaban J connectivity index is 1.41. The number of ether oxygens (including phenoxy) is 2. The number of hydrogen-bond donors (Lipinski definition) is 3. The Morgan fingerprint density at radius 1 is 1.14 bits per heavy atom. The van der Waals surface area contributed by atoms with E-state index in [-0.39, 0.29) is 55.3 Å². The van der Waals surface area contributed by atoms with Gasteiger partial charge in [-0.2, -0.15) is 13.2 Å². The lowest BCUT2D eigenvalue weighted by molar-refractivity contribution is -0.222. The highest BCUT2D eigenvalue weighted by molar-refractivity contribution is 7.91. The average Bonchev–Trinajstić information content (AvgIpc) is 4.06. The van der Waals surface area contributed by atoms with E-state index in [0.29, 0.717) is 49.8 Å². The number of nitrogens with one attached hydrogen (secondary N) is 2. The minimum absolute atomic E-state index is 0.00482. The highest BCUT2D eigenvalue weighted by Gasteiger charge is 2.64. The fraction of sp³-hybridized carbons (Fsp3) is 0.625. The SMILES string of the molecule is CCOc1ccc2c(O[C@@H]3C[C@H]4C(=O)N[C@]5(C(=O)NS(=O)(=O)C6(CF)CC6)C[C@H]5C=CCC[C@H](C)C[C@@H](C)[C@H](N(C(=O)O)C(C)(C)C(F)(F)F)C(=O)N4C3)nccc2c1. The van der Waals surface area contributed by atoms with Crippen molar-refractivity contribution in [2.75, 3.05) is 19.8 Å². The van der Waals surface area contributed by atoms with Gasteiger partial charge in [0.2, 0.25) is 27.7 Å². The summed E-state index contributed by atoms with van der Waals surface area (Å²) in [7, 11) is -4.50. The first-order valence-corrected chi connectivity index (χ1v) is 21.3. The van der Waals surface area contributed by atoms with Gasteiger partial charge in [-0.15, -0.1) is 0 Å². The van der Waals surface area contributed by atoms with Crippen LogP contribution in [0.15, 0.2) is 42.6 Å². The number of halogens is 4. The second-order valence-electron chi connectivity index (χ2n) is 16.9. The van der Waals surface area contributed by atoms with Gasteiger partial charge in [-0.05, 0) is 101 Å². The molecule has 3 heterocycles. The predicted octanol–water partition coefficient (Wildman–Crippen LogP) is 5.51. The standard InChI is InChI=1S/C40H51F4N5O9S/c1-6-57-27-11-12-29-25(18-27)13-16-45-33(29)58-28-19-30-32(50)46-39(35(52)47-59(55,56)38(22-41)14-15-38)20-26(39)10-8-7-9-23(2)17-24(3)31(34(51)48(30)21-28)49(36(53)54)37(4,5)40(42,43)44/h8,10-13,16,18,23-24,26,28,30-31H,6-7,9,14-15,17,19-22H2,1-5H3,(H,46,50)(H,47,52)(H,53,54)/t23-,24+,26+,28+,30-,31-,39+/m0/s1. The molecule has 3 N–H and O–H groups in total. The van der Waals surface area contributed by atoms with E-state index in [2.05, 4.69) is 10.3 Å². The van der Waals surface area contributed by atoms with Gasteiger partial charge in [-0.3, -0.25) is 24.0 Å². The Bertz CT molecular complexity index is 2110. The molecule has 6 rings (SSSR count). The largest absolute Gasteiger partial charge is 0.494 e. The number of carbonyl (C=O) groups excluding carboxylic acids is 3. The fourth-order valence-electron chi connectivity index (χ4n) is 8.37. The lowest BCUT2D eigenvalue weighted by Gasteiger charge is -2.45. The van der Waals surface area contributed by atoms with Crippen LogP contribution in [0.1, 0.15) is 79.6 Å². The molecule has 2 saturated carbocycles. The van der Waals surface area contributed by atoms with Crippen molar-refractivity contribution in [1.29, 1.82) is 0 Å². The molecule has 1 aromatic carbocycles. The first-order chi connectivity index (χ1) is 27.6. The summed E-state index contributed by atoms with van der Waals surface area (Å²) in [5.74, 6) is -4.31. The Kier molecular flexibility index (Phi) is 11.9. The minimum atomic E-state index is -5.11. The van der Waals surface area contributed by atoms with Gasteiger partial charge in [0.15, 0.2) is 0 Å². The molecule has 14 nitrogen and oxygen atoms in total. The lowest BCUT2D eigenvalue weighted by Crippen LogP contribution is -2.66. The second-order valence-corrected chi connectivity index (χ2v) is 19.0. The van der Waals surface area contributed by atoms with Crippen LogP contribution in [-0.4, -0.2) is 112 Å². The Labute approximate surface area is 340 Å². The highest BCUT2D eigenvalue weighted by atomic mass is 32.2. The van der Waals surface area contributed by atoms with Crippen LogP contribution in [0.5, 0.6) is 11.6 Å². The molecule has 0 spiro atoms. The summed E-state index contributed by atoms with van der Waals surface area (Å²) in [4.78, 5) is 61.8. The zero-order valence-electron chi connectivity index (χ0n) is 33.6. The van der Waals surface area contributed by atoms with Crippen molar-refractivity contribution in [2.45, 2.75) is 120 Å². The molecule has 2 aromatic rings. The third-order valence-electron chi connectivity index (χ3n) is 12.3. The zero-order chi connectivity index (χ0) is 43.3. The summed E-state index contributed by atoms with van der Waals surface area (Å²) >= 11 is 0. The van der Waals surface area contributed by atoms with E-state index in [1.807, 2.05) is 18.6 Å². The van der Waals surface area contributed by atoms with Gasteiger partial charge in [0.1, 0.15) is 46.4 Å². The molecule has 4 aliphatic rings. The van der Waals surface area contributed by atoms with E-state index in [1.165, 1.54) is 13.1 Å². The number of alkyl halides is 4. The third kappa shape index (κ3) is 8.40. The maximum absolute atomic E-state index is 15.0. The van der Waals surface area contributed by atoms with Crippen molar-refractivity contribution < 1.29 is 59.7 Å². The smallest absolute Gasteiger partial charge is 0.411 e. The van der Waals surface area contributed by atoms with Crippen molar-refractivity contribution in [3.63, 3.8) is 0 Å². The molecule has 2 aliphatic carbocycles. The second kappa shape index (κ2) is 16.1. The number of carbonyl (C=O) groups is 4. The number of sulfonamides is 1. The van der Waals surface area contributed by atoms with Gasteiger partial charge < -0.3 is 24.8 Å². The average molecular weight is 854 g/mol. The van der Waals surface area contributed by atoms with Gasteiger partial charge in [-0.1, -0.05) is 26.0 Å². The van der Waals surface area contributed by atoms with Crippen molar-refractivity contribution in [3.8, 4) is 11.6 Å². The number of allylic oxidation sites excluding steroid dienone is 1. The molecule has 7 atom stereocenters. The number of benzene rings is 1. The zero-order valence-corrected chi connectivity index (χ0v) is 34.4. The number of amides is 4. The van der Waals surface area contributed by atoms with E-state index in [0.717, 1.165) is 4.90 Å². The maximum Gasteiger partial charge on any atom is 0.411 e. The summed E-state index contributed by atoms with van der Waals surface area (Å²) in [6.07, 6.45) is -2.48. The predicted molar refractivity (Wildman–Crippen MR) is 207 cm³/mol. The molecule has 324 valence electrons. The van der Waals surface area contributed by atoms with Crippen molar-refractivity contribution in [2.24, 2.45) is 17.8 Å². The number of carboxylic acid groups (broad SMARTS) is 1. The molecular formula is C40H51F4N5O9S. The molecule has 0 radical (unpaired) electrons. The lowest BCUT2D eigenvalue weighted by atomic mass is 9.85. The summed E-state index contributed by atoms with van der Waals surface area (Å²) in [5.41, 5.74) is -4.89. The normalized spacial score (nSPS) is 28.7. The van der Waals surface area contributed by atoms with E-state index in [4.69, 9.17) is 9.47 Å². The van der Waals surface area contributed by atoms with Gasteiger partial charge in [0, 0.05) is 23.9 Å². The summed E-state index contributed by atoms with van der Waals surface area (Å²) in [6.45, 7) is 5.32. The van der Waals surface area contributed by atoms with Crippen molar-refractivity contribution in [3.05, 3.63) is 42.6 Å². The first-order valence-electron chi connectivity index (χ1n) is 19.8. The number of fused-ring (bicyclic) bond motifs is 3. The number of nitrogens with zero attached hydrogens (tertiary/aromatic N) is 3.